The first-order valence-electron chi connectivity index (χ1n) is 8.98. The summed E-state index contributed by atoms with van der Waals surface area (Å²) in [5.41, 5.74) is 1.86. The number of hydrogen-bond acceptors (Lipinski definition) is 3. The minimum Gasteiger partial charge on any atom is -0.339 e. The average molecular weight is 372 g/mol. The van der Waals surface area contributed by atoms with Crippen LogP contribution in [0.2, 0.25) is 0 Å². The molecule has 0 spiro atoms. The van der Waals surface area contributed by atoms with Crippen molar-refractivity contribution >= 4 is 15.7 Å². The van der Waals surface area contributed by atoms with Crippen LogP contribution >= 0.6 is 0 Å². The number of benzene rings is 2. The van der Waals surface area contributed by atoms with Gasteiger partial charge >= 0.3 is 0 Å². The molecule has 1 aliphatic heterocycles. The molecule has 1 heterocycles. The summed E-state index contributed by atoms with van der Waals surface area (Å²) >= 11 is 0. The Balaban J connectivity index is 1.79. The van der Waals surface area contributed by atoms with Gasteiger partial charge < -0.3 is 4.90 Å². The minimum atomic E-state index is -3.14. The molecule has 0 bridgehead atoms. The van der Waals surface area contributed by atoms with Crippen molar-refractivity contribution in [2.45, 2.75) is 25.0 Å². The molecule has 2 aromatic rings. The maximum Gasteiger partial charge on any atom is 0.234 e. The first kappa shape index (κ1) is 18.6. The molecule has 1 fully saturated rings. The lowest BCUT2D eigenvalue weighted by Gasteiger charge is -2.41. The topological polar surface area (TPSA) is 54.5 Å². The predicted molar refractivity (Wildman–Crippen MR) is 104 cm³/mol. The lowest BCUT2D eigenvalue weighted by Crippen LogP contribution is -2.58. The fourth-order valence-electron chi connectivity index (χ4n) is 3.40. The van der Waals surface area contributed by atoms with E-state index in [0.717, 1.165) is 11.1 Å². The summed E-state index contributed by atoms with van der Waals surface area (Å²) in [5.74, 6) is -0.142. The monoisotopic (exact) mass is 371 g/mol. The molecule has 1 saturated heterocycles. The summed E-state index contributed by atoms with van der Waals surface area (Å²) in [5, 5.41) is -0.430. The first-order chi connectivity index (χ1) is 12.4. The van der Waals surface area contributed by atoms with Gasteiger partial charge in [0.05, 0.1) is 16.9 Å². The molecule has 0 aliphatic carbocycles. The number of rotatable bonds is 6. The van der Waals surface area contributed by atoms with Crippen LogP contribution in [0, 0.1) is 5.92 Å². The molecule has 0 aromatic heterocycles. The summed E-state index contributed by atoms with van der Waals surface area (Å²) in [7, 11) is -3.14. The van der Waals surface area contributed by atoms with Crippen molar-refractivity contribution in [3.63, 3.8) is 0 Å². The van der Waals surface area contributed by atoms with Gasteiger partial charge in [-0.2, -0.15) is 0 Å². The zero-order valence-electron chi connectivity index (χ0n) is 15.2. The van der Waals surface area contributed by atoms with Gasteiger partial charge in [0, 0.05) is 13.1 Å². The summed E-state index contributed by atoms with van der Waals surface area (Å²) < 4.78 is 24.7. The van der Waals surface area contributed by atoms with E-state index in [1.807, 2.05) is 74.5 Å². The molecular formula is C21H25NO3S. The summed E-state index contributed by atoms with van der Waals surface area (Å²) in [6.07, 6.45) is 0. The maximum atomic E-state index is 13.2. The van der Waals surface area contributed by atoms with Crippen molar-refractivity contribution in [1.82, 2.24) is 4.90 Å². The highest BCUT2D eigenvalue weighted by Crippen LogP contribution is 2.30. The summed E-state index contributed by atoms with van der Waals surface area (Å²) in [6.45, 7) is 4.40. The SMILES string of the molecule is CC(C)CS(=O)(=O)C1CN(C(=O)C(c2ccccc2)c2ccccc2)C1. The number of hydrogen-bond donors (Lipinski definition) is 0. The standard InChI is InChI=1S/C21H25NO3S/c1-16(2)15-26(24,25)19-13-22(14-19)21(23)20(17-9-5-3-6-10-17)18-11-7-4-8-12-18/h3-12,16,19-20H,13-15H2,1-2H3. The van der Waals surface area contributed by atoms with E-state index in [2.05, 4.69) is 0 Å². The molecular weight excluding hydrogens is 346 g/mol. The molecule has 1 aliphatic rings. The third-order valence-corrected chi connectivity index (χ3v) is 7.19. The highest BCUT2D eigenvalue weighted by molar-refractivity contribution is 7.92. The minimum absolute atomic E-state index is 0.0293. The molecule has 0 unspecified atom stereocenters. The zero-order valence-corrected chi connectivity index (χ0v) is 16.0. The van der Waals surface area contributed by atoms with Crippen LogP contribution < -0.4 is 0 Å². The zero-order chi connectivity index (χ0) is 18.7. The largest absolute Gasteiger partial charge is 0.339 e. The molecule has 0 N–H and O–H groups in total. The van der Waals surface area contributed by atoms with Crippen molar-refractivity contribution < 1.29 is 13.2 Å². The van der Waals surface area contributed by atoms with Crippen molar-refractivity contribution in [2.75, 3.05) is 18.8 Å². The molecule has 0 atom stereocenters. The molecule has 5 heteroatoms. The van der Waals surface area contributed by atoms with Crippen molar-refractivity contribution in [3.05, 3.63) is 71.8 Å². The molecule has 0 radical (unpaired) electrons. The number of likely N-dealkylation sites (tertiary alicyclic amines) is 1. The third kappa shape index (κ3) is 3.98. The third-order valence-electron chi connectivity index (χ3n) is 4.75. The van der Waals surface area contributed by atoms with Crippen LogP contribution in [-0.4, -0.2) is 43.3 Å². The van der Waals surface area contributed by atoms with Gasteiger partial charge in [0.1, 0.15) is 0 Å². The van der Waals surface area contributed by atoms with E-state index in [1.165, 1.54) is 0 Å². The van der Waals surface area contributed by atoms with Crippen LogP contribution in [0.15, 0.2) is 60.7 Å². The van der Waals surface area contributed by atoms with Gasteiger partial charge in [-0.3, -0.25) is 4.79 Å². The Hall–Kier alpha value is -2.14. The average Bonchev–Trinajstić information content (AvgIpc) is 2.54. The van der Waals surface area contributed by atoms with Crippen molar-refractivity contribution in [1.29, 1.82) is 0 Å². The van der Waals surface area contributed by atoms with E-state index in [0.29, 0.717) is 13.1 Å². The van der Waals surface area contributed by atoms with Gasteiger partial charge in [0.25, 0.3) is 0 Å². The number of carbonyl (C=O) groups is 1. The van der Waals surface area contributed by atoms with Crippen molar-refractivity contribution in [2.24, 2.45) is 5.92 Å². The Morgan fingerprint density at radius 3 is 1.85 bits per heavy atom. The van der Waals surface area contributed by atoms with Crippen LogP contribution in [0.3, 0.4) is 0 Å². The van der Waals surface area contributed by atoms with Gasteiger partial charge in [0.15, 0.2) is 9.84 Å². The normalized spacial score (nSPS) is 15.3. The second kappa shape index (κ2) is 7.62. The Morgan fingerprint density at radius 1 is 0.962 bits per heavy atom. The van der Waals surface area contributed by atoms with Crippen LogP contribution in [-0.2, 0) is 14.6 Å². The highest BCUT2D eigenvalue weighted by Gasteiger charge is 2.42. The Bertz CT molecular complexity index is 802. The Morgan fingerprint density at radius 2 is 1.42 bits per heavy atom. The van der Waals surface area contributed by atoms with E-state index in [1.54, 1.807) is 4.90 Å². The molecule has 0 saturated carbocycles. The van der Waals surface area contributed by atoms with Crippen LogP contribution in [0.25, 0.3) is 0 Å². The van der Waals surface area contributed by atoms with Gasteiger partial charge in [0.2, 0.25) is 5.91 Å². The number of nitrogens with zero attached hydrogens (tertiary/aromatic N) is 1. The molecule has 4 nitrogen and oxygen atoms in total. The van der Waals surface area contributed by atoms with E-state index in [4.69, 9.17) is 0 Å². The van der Waals surface area contributed by atoms with E-state index in [9.17, 15) is 13.2 Å². The fraction of sp³-hybridized carbons (Fsp3) is 0.381. The fourth-order valence-corrected chi connectivity index (χ4v) is 5.41. The second-order valence-electron chi connectivity index (χ2n) is 7.34. The van der Waals surface area contributed by atoms with Crippen LogP contribution in [0.1, 0.15) is 30.9 Å². The summed E-state index contributed by atoms with van der Waals surface area (Å²) in [6, 6.07) is 19.3. The molecule has 138 valence electrons. The van der Waals surface area contributed by atoms with E-state index >= 15 is 0 Å². The molecule has 1 amide bonds. The molecule has 2 aromatic carbocycles. The van der Waals surface area contributed by atoms with Gasteiger partial charge in [-0.05, 0) is 17.0 Å². The number of sulfone groups is 1. The van der Waals surface area contributed by atoms with Gasteiger partial charge in [-0.25, -0.2) is 8.42 Å². The lowest BCUT2D eigenvalue weighted by atomic mass is 9.89. The molecule has 26 heavy (non-hydrogen) atoms. The molecule has 3 rings (SSSR count). The first-order valence-corrected chi connectivity index (χ1v) is 10.7. The van der Waals surface area contributed by atoms with E-state index in [-0.39, 0.29) is 17.6 Å². The van der Waals surface area contributed by atoms with Gasteiger partial charge in [-0.1, -0.05) is 74.5 Å². The van der Waals surface area contributed by atoms with E-state index < -0.39 is 21.0 Å². The van der Waals surface area contributed by atoms with Crippen molar-refractivity contribution in [3.8, 4) is 0 Å². The number of carbonyl (C=O) groups excluding carboxylic acids is 1. The highest BCUT2D eigenvalue weighted by atomic mass is 32.2. The quantitative estimate of drug-likeness (QED) is 0.784. The van der Waals surface area contributed by atoms with Gasteiger partial charge in [-0.15, -0.1) is 0 Å². The maximum absolute atomic E-state index is 13.2. The van der Waals surface area contributed by atoms with Crippen LogP contribution in [0.4, 0.5) is 0 Å². The summed E-state index contributed by atoms with van der Waals surface area (Å²) in [4.78, 5) is 14.8. The number of amides is 1. The Labute approximate surface area is 155 Å². The van der Waals surface area contributed by atoms with Crippen LogP contribution in [0.5, 0.6) is 0 Å². The lowest BCUT2D eigenvalue weighted by molar-refractivity contribution is -0.135. The smallest absolute Gasteiger partial charge is 0.234 e. The Kier molecular flexibility index (Phi) is 5.47. The second-order valence-corrected chi connectivity index (χ2v) is 9.67. The predicted octanol–water partition coefficient (Wildman–Crippen LogP) is 3.10.